The fourth-order valence-electron chi connectivity index (χ4n) is 4.54. The summed E-state index contributed by atoms with van der Waals surface area (Å²) in [6.45, 7) is 5.89. The van der Waals surface area contributed by atoms with Gasteiger partial charge in [0.1, 0.15) is 12.4 Å². The first-order valence-corrected chi connectivity index (χ1v) is 13.2. The van der Waals surface area contributed by atoms with E-state index < -0.39 is 0 Å². The number of esters is 1. The number of benzene rings is 3. The third-order valence-corrected chi connectivity index (χ3v) is 6.42. The molecule has 6 nitrogen and oxygen atoms in total. The Bertz CT molecular complexity index is 1320. The van der Waals surface area contributed by atoms with Gasteiger partial charge >= 0.3 is 5.97 Å². The number of hydrogen-bond donors (Lipinski definition) is 1. The number of fused-ring (bicyclic) bond motifs is 1. The van der Waals surface area contributed by atoms with E-state index in [9.17, 15) is 9.59 Å². The van der Waals surface area contributed by atoms with E-state index in [0.717, 1.165) is 59.4 Å². The Kier molecular flexibility index (Phi) is 9.09. The molecule has 6 heteroatoms. The molecule has 3 aromatic carbocycles. The predicted molar refractivity (Wildman–Crippen MR) is 153 cm³/mol. The van der Waals surface area contributed by atoms with Crippen LogP contribution < -0.4 is 5.73 Å². The van der Waals surface area contributed by atoms with Crippen LogP contribution in [0, 0.1) is 0 Å². The molecule has 3 aromatic rings. The molecule has 196 valence electrons. The van der Waals surface area contributed by atoms with Gasteiger partial charge in [0.2, 0.25) is 5.91 Å². The van der Waals surface area contributed by atoms with Crippen molar-refractivity contribution in [1.29, 1.82) is 0 Å². The number of amides is 1. The second-order valence-corrected chi connectivity index (χ2v) is 9.54. The van der Waals surface area contributed by atoms with Crippen LogP contribution in [0.5, 0.6) is 0 Å². The Labute approximate surface area is 224 Å². The van der Waals surface area contributed by atoms with E-state index in [2.05, 4.69) is 18.8 Å². The molecule has 1 aliphatic rings. The number of nitrogens with two attached hydrogens (primary N) is 1. The van der Waals surface area contributed by atoms with Crippen LogP contribution >= 0.6 is 0 Å². The zero-order chi connectivity index (χ0) is 26.9. The SMILES string of the molecule is CCCN(CCC)C(=O)C1=Cc2ccc(-c3ccc(CC(=O)OCc4ccccc4)cc3)cc2N=C(N)C1. The number of hydrogen-bond acceptors (Lipinski definition) is 5. The molecule has 0 unspecified atom stereocenters. The van der Waals surface area contributed by atoms with E-state index in [0.29, 0.717) is 17.8 Å². The summed E-state index contributed by atoms with van der Waals surface area (Å²) in [7, 11) is 0. The second-order valence-electron chi connectivity index (χ2n) is 9.54. The minimum atomic E-state index is -0.259. The van der Waals surface area contributed by atoms with E-state index >= 15 is 0 Å². The average molecular weight is 510 g/mol. The van der Waals surface area contributed by atoms with Gasteiger partial charge in [0.15, 0.2) is 0 Å². The van der Waals surface area contributed by atoms with Gasteiger partial charge in [-0.25, -0.2) is 4.99 Å². The molecule has 0 aromatic heterocycles. The van der Waals surface area contributed by atoms with Crippen LogP contribution in [0.1, 0.15) is 49.8 Å². The fourth-order valence-corrected chi connectivity index (χ4v) is 4.54. The molecular formula is C32H35N3O3. The molecular weight excluding hydrogens is 474 g/mol. The molecule has 2 N–H and O–H groups in total. The van der Waals surface area contributed by atoms with E-state index in [1.165, 1.54) is 0 Å². The highest BCUT2D eigenvalue weighted by atomic mass is 16.5. The maximum Gasteiger partial charge on any atom is 0.310 e. The van der Waals surface area contributed by atoms with E-state index in [4.69, 9.17) is 10.5 Å². The van der Waals surface area contributed by atoms with E-state index in [1.54, 1.807) is 0 Å². The molecule has 0 bridgehead atoms. The van der Waals surface area contributed by atoms with E-state index in [1.807, 2.05) is 83.8 Å². The van der Waals surface area contributed by atoms with Crippen molar-refractivity contribution in [2.45, 2.75) is 46.1 Å². The van der Waals surface area contributed by atoms with Gasteiger partial charge in [-0.3, -0.25) is 9.59 Å². The summed E-state index contributed by atoms with van der Waals surface area (Å²) in [4.78, 5) is 32.0. The lowest BCUT2D eigenvalue weighted by Gasteiger charge is -2.22. The van der Waals surface area contributed by atoms with Crippen molar-refractivity contribution in [2.75, 3.05) is 13.1 Å². The highest BCUT2D eigenvalue weighted by Gasteiger charge is 2.21. The van der Waals surface area contributed by atoms with Crippen molar-refractivity contribution in [2.24, 2.45) is 10.7 Å². The summed E-state index contributed by atoms with van der Waals surface area (Å²) >= 11 is 0. The predicted octanol–water partition coefficient (Wildman–Crippen LogP) is 6.06. The Morgan fingerprint density at radius 1 is 0.895 bits per heavy atom. The molecule has 1 amide bonds. The van der Waals surface area contributed by atoms with Gasteiger partial charge in [0.05, 0.1) is 12.1 Å². The average Bonchev–Trinajstić information content (AvgIpc) is 3.10. The smallest absolute Gasteiger partial charge is 0.310 e. The third-order valence-electron chi connectivity index (χ3n) is 6.42. The summed E-state index contributed by atoms with van der Waals surface area (Å²) < 4.78 is 5.40. The van der Waals surface area contributed by atoms with Gasteiger partial charge < -0.3 is 15.4 Å². The summed E-state index contributed by atoms with van der Waals surface area (Å²) in [5.74, 6) is 0.199. The fraction of sp³-hybridized carbons (Fsp3) is 0.281. The van der Waals surface area contributed by atoms with Gasteiger partial charge in [-0.2, -0.15) is 0 Å². The molecule has 0 spiro atoms. The van der Waals surface area contributed by atoms with Crippen LogP contribution in [-0.4, -0.2) is 35.7 Å². The van der Waals surface area contributed by atoms with Crippen molar-refractivity contribution in [3.8, 4) is 11.1 Å². The zero-order valence-electron chi connectivity index (χ0n) is 22.2. The standard InChI is InChI=1S/C32H35N3O3/c1-3-16-35(17-4-2)32(37)28-19-27-15-14-26(20-29(27)34-30(33)21-28)25-12-10-23(11-13-25)18-31(36)38-22-24-8-6-5-7-9-24/h5-15,19-20H,3-4,16-18,21-22H2,1-2H3,(H2,33,34). The number of ether oxygens (including phenoxy) is 1. The number of aliphatic imine (C=N–C) groups is 1. The number of carbonyl (C=O) groups is 2. The molecule has 0 saturated heterocycles. The maximum absolute atomic E-state index is 13.2. The summed E-state index contributed by atoms with van der Waals surface area (Å²) in [6.07, 6.45) is 4.30. The molecule has 0 aliphatic carbocycles. The molecule has 1 aliphatic heterocycles. The molecule has 0 fully saturated rings. The topological polar surface area (TPSA) is 85.0 Å². The number of nitrogens with zero attached hydrogens (tertiary/aromatic N) is 2. The van der Waals surface area contributed by atoms with Gasteiger partial charge in [-0.05, 0) is 47.2 Å². The minimum Gasteiger partial charge on any atom is -0.461 e. The summed E-state index contributed by atoms with van der Waals surface area (Å²) in [6, 6.07) is 23.5. The molecule has 4 rings (SSSR count). The zero-order valence-corrected chi connectivity index (χ0v) is 22.2. The third kappa shape index (κ3) is 6.97. The largest absolute Gasteiger partial charge is 0.461 e. The first-order chi connectivity index (χ1) is 18.5. The monoisotopic (exact) mass is 509 g/mol. The van der Waals surface area contributed by atoms with Gasteiger partial charge in [0, 0.05) is 30.6 Å². The molecule has 38 heavy (non-hydrogen) atoms. The van der Waals surface area contributed by atoms with Gasteiger partial charge in [0.25, 0.3) is 0 Å². The number of amidine groups is 1. The molecule has 0 saturated carbocycles. The van der Waals surface area contributed by atoms with Crippen molar-refractivity contribution in [1.82, 2.24) is 4.90 Å². The van der Waals surface area contributed by atoms with Crippen LogP contribution in [0.4, 0.5) is 5.69 Å². The molecule has 0 atom stereocenters. The first kappa shape index (κ1) is 26.9. The lowest BCUT2D eigenvalue weighted by molar-refractivity contribution is -0.144. The highest BCUT2D eigenvalue weighted by molar-refractivity contribution is 6.05. The van der Waals surface area contributed by atoms with Crippen LogP contribution in [-0.2, 0) is 27.4 Å². The summed E-state index contributed by atoms with van der Waals surface area (Å²) in [5, 5.41) is 0. The Hall–Kier alpha value is -4.19. The van der Waals surface area contributed by atoms with Crippen molar-refractivity contribution < 1.29 is 14.3 Å². The number of rotatable bonds is 10. The van der Waals surface area contributed by atoms with Gasteiger partial charge in [-0.1, -0.05) is 80.6 Å². The van der Waals surface area contributed by atoms with E-state index in [-0.39, 0.29) is 24.9 Å². The number of carbonyl (C=O) groups excluding carboxylic acids is 2. The van der Waals surface area contributed by atoms with Crippen LogP contribution in [0.3, 0.4) is 0 Å². The van der Waals surface area contributed by atoms with Crippen molar-refractivity contribution in [3.63, 3.8) is 0 Å². The van der Waals surface area contributed by atoms with Crippen molar-refractivity contribution in [3.05, 3.63) is 95.1 Å². The second kappa shape index (κ2) is 12.9. The van der Waals surface area contributed by atoms with Gasteiger partial charge in [-0.15, -0.1) is 0 Å². The van der Waals surface area contributed by atoms with Crippen LogP contribution in [0.15, 0.2) is 83.4 Å². The lowest BCUT2D eigenvalue weighted by Crippen LogP contribution is -2.34. The van der Waals surface area contributed by atoms with Crippen molar-refractivity contribution >= 4 is 29.5 Å². The first-order valence-electron chi connectivity index (χ1n) is 13.2. The Morgan fingerprint density at radius 3 is 2.26 bits per heavy atom. The lowest BCUT2D eigenvalue weighted by atomic mass is 9.99. The summed E-state index contributed by atoms with van der Waals surface area (Å²) in [5.41, 5.74) is 12.4. The minimum absolute atomic E-state index is 0.0293. The Balaban J connectivity index is 1.46. The normalized spacial score (nSPS) is 12.6. The molecule has 0 radical (unpaired) electrons. The quantitative estimate of drug-likeness (QED) is 0.337. The highest BCUT2D eigenvalue weighted by Crippen LogP contribution is 2.32. The molecule has 1 heterocycles. The maximum atomic E-state index is 13.2. The Morgan fingerprint density at radius 2 is 1.58 bits per heavy atom. The van der Waals surface area contributed by atoms with Crippen LogP contribution in [0.25, 0.3) is 17.2 Å². The van der Waals surface area contributed by atoms with Crippen LogP contribution in [0.2, 0.25) is 0 Å².